The number of piperidine rings is 2. The Labute approximate surface area is 490 Å². The second-order valence-corrected chi connectivity index (χ2v) is 22.4. The number of benzene rings is 3. The second-order valence-electron chi connectivity index (χ2n) is 22.4. The van der Waals surface area contributed by atoms with Gasteiger partial charge in [-0.3, -0.25) is 39.7 Å². The van der Waals surface area contributed by atoms with Crippen LogP contribution in [0.3, 0.4) is 0 Å². The van der Waals surface area contributed by atoms with Crippen molar-refractivity contribution in [3.63, 3.8) is 0 Å². The summed E-state index contributed by atoms with van der Waals surface area (Å²) in [6, 6.07) is 20.6. The molecule has 6 amide bonds. The fourth-order valence-corrected chi connectivity index (χ4v) is 10.5. The molecule has 2 saturated heterocycles. The summed E-state index contributed by atoms with van der Waals surface area (Å²) < 4.78 is 34.9. The summed E-state index contributed by atoms with van der Waals surface area (Å²) in [5.74, 6) is 0.406. The van der Waals surface area contributed by atoms with Crippen LogP contribution in [-0.4, -0.2) is 145 Å². The van der Waals surface area contributed by atoms with E-state index in [-0.39, 0.29) is 60.7 Å². The Hall–Kier alpha value is -7.95. The highest BCUT2D eigenvalue weighted by Gasteiger charge is 2.44. The molecule has 4 aliphatic rings. The number of hydrogen-bond acceptors (Lipinski definition) is 14. The van der Waals surface area contributed by atoms with Gasteiger partial charge in [-0.1, -0.05) is 25.0 Å². The number of nitrogens with two attached hydrogens (primary N) is 2. The number of ether oxygens (including phenoxy) is 6. The molecule has 84 heavy (non-hydrogen) atoms. The van der Waals surface area contributed by atoms with E-state index in [1.54, 1.807) is 59.8 Å². The summed E-state index contributed by atoms with van der Waals surface area (Å²) in [6.45, 7) is 10.5. The minimum absolute atomic E-state index is 0.144. The van der Waals surface area contributed by atoms with Crippen molar-refractivity contribution in [2.45, 2.75) is 134 Å². The molecule has 0 spiro atoms. The minimum atomic E-state index is -0.904. The van der Waals surface area contributed by atoms with Crippen LogP contribution in [0.4, 0.5) is 16.2 Å². The van der Waals surface area contributed by atoms with Gasteiger partial charge in [-0.05, 0) is 138 Å². The molecule has 450 valence electrons. The van der Waals surface area contributed by atoms with E-state index >= 15 is 0 Å². The first-order chi connectivity index (χ1) is 40.6. The third kappa shape index (κ3) is 17.6. The molecule has 1 aromatic heterocycles. The van der Waals surface area contributed by atoms with E-state index in [0.717, 1.165) is 44.1 Å². The number of unbranched alkanes of at least 4 members (excludes halogenated alkanes) is 5. The number of nitrogens with one attached hydrogen (secondary N) is 4. The standard InChI is InChI=1S/C62H80N10O12/c1-61(2,3)84-60(78)71-29-25-62(26-30-71,59(64)69-55(63)42-22-27-65-28-23-42)70-44-14-11-13-43(39-44)56(75)67-50-24-34-83-52-20-18-45(40-47(50)52)82-33-10-5-4-8-31-79-35-37-81-38-36-80-32-9-6-7-17-53(73)66-49-16-12-15-46-48(49)41-72(58(46)77)51-19-21-54(74)68-57(51)76/h11-16,18,20,22-23,27-28,39-40,50-51,70H,4-10,17,19,21,24-26,29-38,41H2,1-3H3,(H,66,73)(H,67,75)(H3,63,64,69)(H,68,74,76)/p+1/t50-,51?/m0/s1. The van der Waals surface area contributed by atoms with Crippen LogP contribution < -0.4 is 41.9 Å². The Bertz CT molecular complexity index is 2980. The number of hydrogen-bond donors (Lipinski definition) is 6. The quantitative estimate of drug-likeness (QED) is 0.0164. The summed E-state index contributed by atoms with van der Waals surface area (Å²) >= 11 is 0. The number of fused-ring (bicyclic) bond motifs is 2. The lowest BCUT2D eigenvalue weighted by atomic mass is 9.85. The van der Waals surface area contributed by atoms with E-state index < -0.39 is 29.2 Å². The number of nitrogens with zero attached hydrogens (tertiary/aromatic N) is 4. The number of pyridine rings is 1. The monoisotopic (exact) mass is 1160 g/mol. The van der Waals surface area contributed by atoms with Crippen molar-refractivity contribution in [2.24, 2.45) is 10.7 Å². The third-order valence-electron chi connectivity index (χ3n) is 15.1. The average molecular weight is 1160 g/mol. The van der Waals surface area contributed by atoms with Crippen LogP contribution in [0.1, 0.15) is 148 Å². The number of amides is 6. The van der Waals surface area contributed by atoms with E-state index in [4.69, 9.17) is 39.6 Å². The zero-order valence-electron chi connectivity index (χ0n) is 48.6. The van der Waals surface area contributed by atoms with Gasteiger partial charge in [0.1, 0.15) is 28.7 Å². The van der Waals surface area contributed by atoms with E-state index in [2.05, 4.69) is 31.2 Å². The Morgan fingerprint density at radius 1 is 0.821 bits per heavy atom. The lowest BCUT2D eigenvalue weighted by molar-refractivity contribution is -0.137. The molecule has 0 aliphatic carbocycles. The summed E-state index contributed by atoms with van der Waals surface area (Å²) in [6.07, 6.45) is 11.2. The first kappa shape index (κ1) is 62.1. The first-order valence-corrected chi connectivity index (χ1v) is 29.3. The van der Waals surface area contributed by atoms with Gasteiger partial charge in [0.15, 0.2) is 0 Å². The van der Waals surface area contributed by atoms with Gasteiger partial charge in [0.25, 0.3) is 11.8 Å². The zero-order chi connectivity index (χ0) is 59.5. The Kier molecular flexibility index (Phi) is 22.2. The Morgan fingerprint density at radius 2 is 1.51 bits per heavy atom. The molecule has 3 aromatic carbocycles. The lowest BCUT2D eigenvalue weighted by Gasteiger charge is -2.41. The van der Waals surface area contributed by atoms with Gasteiger partial charge in [0.2, 0.25) is 23.6 Å². The van der Waals surface area contributed by atoms with Crippen molar-refractivity contribution in [1.82, 2.24) is 25.4 Å². The fraction of sp³-hybridized carbons (Fsp3) is 0.500. The molecule has 22 heteroatoms. The summed E-state index contributed by atoms with van der Waals surface area (Å²) in [7, 11) is 0. The van der Waals surface area contributed by atoms with E-state index in [1.165, 1.54) is 4.90 Å². The van der Waals surface area contributed by atoms with Gasteiger partial charge in [-0.25, -0.2) is 4.79 Å². The number of carbonyl (C=O) groups excluding carboxylic acids is 6. The molecule has 0 saturated carbocycles. The van der Waals surface area contributed by atoms with Gasteiger partial charge in [0.05, 0.1) is 51.2 Å². The van der Waals surface area contributed by atoms with E-state index in [1.807, 2.05) is 51.1 Å². The highest BCUT2D eigenvalue weighted by molar-refractivity contribution is 6.08. The van der Waals surface area contributed by atoms with Crippen LogP contribution in [-0.2, 0) is 39.9 Å². The van der Waals surface area contributed by atoms with E-state index in [9.17, 15) is 28.8 Å². The number of amidine groups is 2. The highest BCUT2D eigenvalue weighted by Crippen LogP contribution is 2.37. The molecule has 22 nitrogen and oxygen atoms in total. The molecule has 2 atom stereocenters. The Morgan fingerprint density at radius 3 is 2.23 bits per heavy atom. The first-order valence-electron chi connectivity index (χ1n) is 29.3. The molecule has 0 radical (unpaired) electrons. The SMILES string of the molecule is CC(C)(C)OC(=O)N1CCC(Nc2cccc(C(=O)N[C@H]3CCOc4ccc(OCCCCCCOCCOCCOCCCCCC(=O)Nc5cccc6c5CN(C5CCC(=O)NC5=O)C6=O)cc43)c2)(C(N)=NC(=[NH2+])c2ccncc2)CC1. The summed E-state index contributed by atoms with van der Waals surface area (Å²) in [4.78, 5) is 88.8. The Balaban J connectivity index is 0.669. The van der Waals surface area contributed by atoms with Gasteiger partial charge in [-0.2, -0.15) is 0 Å². The predicted octanol–water partition coefficient (Wildman–Crippen LogP) is 6.03. The smallest absolute Gasteiger partial charge is 0.410 e. The molecule has 2 fully saturated rings. The van der Waals surface area contributed by atoms with Gasteiger partial charge >= 0.3 is 11.9 Å². The number of imide groups is 1. The molecule has 1 unspecified atom stereocenters. The van der Waals surface area contributed by atoms with Crippen LogP contribution >= 0.6 is 0 Å². The number of rotatable bonds is 28. The second kappa shape index (κ2) is 30.0. The summed E-state index contributed by atoms with van der Waals surface area (Å²) in [5, 5.41) is 18.5. The van der Waals surface area contributed by atoms with Crippen LogP contribution in [0.25, 0.3) is 0 Å². The number of aromatic nitrogens is 1. The average Bonchev–Trinajstić information content (AvgIpc) is 2.20. The number of anilines is 2. The molecular weight excluding hydrogens is 1080 g/mol. The van der Waals surface area contributed by atoms with Crippen molar-refractivity contribution in [1.29, 1.82) is 0 Å². The van der Waals surface area contributed by atoms with Crippen molar-refractivity contribution in [3.8, 4) is 11.5 Å². The van der Waals surface area contributed by atoms with Crippen LogP contribution in [0.5, 0.6) is 11.5 Å². The fourth-order valence-electron chi connectivity index (χ4n) is 10.5. The van der Waals surface area contributed by atoms with Crippen LogP contribution in [0.2, 0.25) is 0 Å². The maximum atomic E-state index is 14.0. The number of likely N-dealkylation sites (tertiary alicyclic amines) is 1. The molecule has 4 aliphatic heterocycles. The largest absolute Gasteiger partial charge is 0.494 e. The molecule has 5 heterocycles. The topological polar surface area (TPSA) is 289 Å². The van der Waals surface area contributed by atoms with E-state index in [0.29, 0.717) is 143 Å². The lowest BCUT2D eigenvalue weighted by Crippen LogP contribution is -2.59. The van der Waals surface area contributed by atoms with Crippen molar-refractivity contribution in [2.75, 3.05) is 76.6 Å². The van der Waals surface area contributed by atoms with Crippen molar-refractivity contribution in [3.05, 3.63) is 113 Å². The molecule has 4 aromatic rings. The number of carbonyl (C=O) groups is 6. The molecular formula is C62H81N10O12+. The normalized spacial score (nSPS) is 17.6. The van der Waals surface area contributed by atoms with Gasteiger partial charge in [0, 0.05) is 98.1 Å². The minimum Gasteiger partial charge on any atom is -0.494 e. The number of aliphatic imine (C=N–C) groups is 1. The summed E-state index contributed by atoms with van der Waals surface area (Å²) in [5.41, 5.74) is 9.58. The highest BCUT2D eigenvalue weighted by atomic mass is 16.6. The zero-order valence-corrected chi connectivity index (χ0v) is 48.6. The predicted molar refractivity (Wildman–Crippen MR) is 314 cm³/mol. The van der Waals surface area contributed by atoms with Crippen LogP contribution in [0.15, 0.2) is 90.2 Å². The molecule has 8 N–H and O–H groups in total. The van der Waals surface area contributed by atoms with Crippen molar-refractivity contribution < 1.29 is 62.6 Å². The maximum Gasteiger partial charge on any atom is 0.410 e. The maximum absolute atomic E-state index is 14.0. The van der Waals surface area contributed by atoms with Crippen molar-refractivity contribution >= 4 is 58.7 Å². The molecule has 8 rings (SSSR count). The molecule has 0 bridgehead atoms. The van der Waals surface area contributed by atoms with Gasteiger partial charge < -0.3 is 59.9 Å². The van der Waals surface area contributed by atoms with Crippen LogP contribution in [0, 0.1) is 0 Å². The van der Waals surface area contributed by atoms with Gasteiger partial charge in [-0.15, -0.1) is 0 Å². The third-order valence-corrected chi connectivity index (χ3v) is 15.1.